The van der Waals surface area contributed by atoms with Crippen molar-refractivity contribution in [2.24, 2.45) is 0 Å². The normalized spacial score (nSPS) is 11.0. The van der Waals surface area contributed by atoms with Gasteiger partial charge in [0.15, 0.2) is 0 Å². The van der Waals surface area contributed by atoms with Gasteiger partial charge in [0.1, 0.15) is 5.75 Å². The number of anilines is 1. The smallest absolute Gasteiger partial charge is 0.255 e. The number of pyridine rings is 1. The molecule has 21 heavy (non-hydrogen) atoms. The maximum absolute atomic E-state index is 12.3. The zero-order chi connectivity index (χ0) is 15.5. The van der Waals surface area contributed by atoms with Crippen molar-refractivity contribution in [3.8, 4) is 5.75 Å². The van der Waals surface area contributed by atoms with Crippen LogP contribution < -0.4 is 10.1 Å². The molecule has 1 N–H and O–H groups in total. The lowest BCUT2D eigenvalue weighted by atomic mass is 9.91. The highest BCUT2D eigenvalue weighted by Crippen LogP contribution is 2.21. The minimum absolute atomic E-state index is 0.0910. The minimum Gasteiger partial charge on any atom is -0.497 e. The summed E-state index contributed by atoms with van der Waals surface area (Å²) in [7, 11) is 1.60. The van der Waals surface area contributed by atoms with Crippen LogP contribution in [0.15, 0.2) is 42.6 Å². The van der Waals surface area contributed by atoms with E-state index in [2.05, 4.69) is 31.1 Å². The van der Waals surface area contributed by atoms with Crippen LogP contribution in [0.2, 0.25) is 0 Å². The first-order valence-electron chi connectivity index (χ1n) is 6.82. The Morgan fingerprint density at radius 2 is 1.95 bits per heavy atom. The average Bonchev–Trinajstić information content (AvgIpc) is 2.46. The largest absolute Gasteiger partial charge is 0.497 e. The SMILES string of the molecule is COc1cccc(NC(=O)c2ccnc(C(C)(C)C)c2)c1. The second-order valence-electron chi connectivity index (χ2n) is 5.87. The molecule has 0 aliphatic carbocycles. The van der Waals surface area contributed by atoms with Gasteiger partial charge in [0.25, 0.3) is 5.91 Å². The maximum atomic E-state index is 12.3. The van der Waals surface area contributed by atoms with Crippen molar-refractivity contribution in [1.29, 1.82) is 0 Å². The molecule has 4 heteroatoms. The van der Waals surface area contributed by atoms with Crippen LogP contribution in [0.5, 0.6) is 5.75 Å². The summed E-state index contributed by atoms with van der Waals surface area (Å²) < 4.78 is 5.14. The topological polar surface area (TPSA) is 51.2 Å². The van der Waals surface area contributed by atoms with Crippen molar-refractivity contribution in [2.45, 2.75) is 26.2 Å². The molecule has 110 valence electrons. The van der Waals surface area contributed by atoms with Gasteiger partial charge >= 0.3 is 0 Å². The number of hydrogen-bond acceptors (Lipinski definition) is 3. The number of methoxy groups -OCH3 is 1. The highest BCUT2D eigenvalue weighted by molar-refractivity contribution is 6.04. The van der Waals surface area contributed by atoms with Gasteiger partial charge in [-0.3, -0.25) is 9.78 Å². The van der Waals surface area contributed by atoms with E-state index in [0.717, 1.165) is 5.69 Å². The molecule has 1 amide bonds. The summed E-state index contributed by atoms with van der Waals surface area (Å²) in [5.41, 5.74) is 2.10. The number of aromatic nitrogens is 1. The van der Waals surface area contributed by atoms with Crippen LogP contribution in [0.4, 0.5) is 5.69 Å². The third-order valence-electron chi connectivity index (χ3n) is 3.12. The van der Waals surface area contributed by atoms with E-state index in [4.69, 9.17) is 4.74 Å². The van der Waals surface area contributed by atoms with E-state index in [9.17, 15) is 4.79 Å². The van der Waals surface area contributed by atoms with E-state index in [1.807, 2.05) is 24.3 Å². The molecule has 0 aliphatic rings. The molecule has 0 unspecified atom stereocenters. The van der Waals surface area contributed by atoms with E-state index in [0.29, 0.717) is 17.0 Å². The Bertz CT molecular complexity index is 645. The van der Waals surface area contributed by atoms with Crippen molar-refractivity contribution < 1.29 is 9.53 Å². The van der Waals surface area contributed by atoms with Crippen LogP contribution in [-0.2, 0) is 5.41 Å². The Morgan fingerprint density at radius 1 is 1.19 bits per heavy atom. The Kier molecular flexibility index (Phi) is 4.26. The fourth-order valence-corrected chi connectivity index (χ4v) is 1.89. The summed E-state index contributed by atoms with van der Waals surface area (Å²) in [6, 6.07) is 10.8. The second kappa shape index (κ2) is 5.95. The third-order valence-corrected chi connectivity index (χ3v) is 3.12. The predicted molar refractivity (Wildman–Crippen MR) is 83.9 cm³/mol. The van der Waals surface area contributed by atoms with Crippen LogP contribution in [-0.4, -0.2) is 18.0 Å². The summed E-state index contributed by atoms with van der Waals surface area (Å²) in [5.74, 6) is 0.550. The molecule has 1 heterocycles. The van der Waals surface area contributed by atoms with Gasteiger partial charge in [-0.2, -0.15) is 0 Å². The zero-order valence-corrected chi connectivity index (χ0v) is 12.8. The molecular weight excluding hydrogens is 264 g/mol. The summed E-state index contributed by atoms with van der Waals surface area (Å²) in [6.45, 7) is 6.21. The number of ether oxygens (including phenoxy) is 1. The molecule has 0 bridgehead atoms. The molecule has 0 fully saturated rings. The van der Waals surface area contributed by atoms with E-state index < -0.39 is 0 Å². The first-order chi connectivity index (χ1) is 9.90. The Labute approximate surface area is 125 Å². The Hall–Kier alpha value is -2.36. The summed E-state index contributed by atoms with van der Waals surface area (Å²) >= 11 is 0. The van der Waals surface area contributed by atoms with Crippen molar-refractivity contribution >= 4 is 11.6 Å². The van der Waals surface area contributed by atoms with Crippen molar-refractivity contribution in [3.05, 3.63) is 53.9 Å². The first-order valence-corrected chi connectivity index (χ1v) is 6.82. The minimum atomic E-state index is -0.156. The standard InChI is InChI=1S/C17H20N2O2/c1-17(2,3)15-10-12(8-9-18-15)16(20)19-13-6-5-7-14(11-13)21-4/h5-11H,1-4H3,(H,19,20). The van der Waals surface area contributed by atoms with Gasteiger partial charge in [0, 0.05) is 34.6 Å². The lowest BCUT2D eigenvalue weighted by Gasteiger charge is -2.18. The van der Waals surface area contributed by atoms with Crippen LogP contribution in [0.25, 0.3) is 0 Å². The second-order valence-corrected chi connectivity index (χ2v) is 5.87. The van der Waals surface area contributed by atoms with E-state index in [1.165, 1.54) is 0 Å². The fraction of sp³-hybridized carbons (Fsp3) is 0.294. The highest BCUT2D eigenvalue weighted by Gasteiger charge is 2.17. The molecule has 0 saturated carbocycles. The molecule has 1 aromatic heterocycles. The van der Waals surface area contributed by atoms with E-state index in [-0.39, 0.29) is 11.3 Å². The molecule has 2 aromatic rings. The lowest BCUT2D eigenvalue weighted by molar-refractivity contribution is 0.102. The van der Waals surface area contributed by atoms with Gasteiger partial charge < -0.3 is 10.1 Å². The molecular formula is C17H20N2O2. The monoisotopic (exact) mass is 284 g/mol. The number of hydrogen-bond donors (Lipinski definition) is 1. The molecule has 0 spiro atoms. The molecule has 0 atom stereocenters. The molecule has 0 saturated heterocycles. The third kappa shape index (κ3) is 3.81. The highest BCUT2D eigenvalue weighted by atomic mass is 16.5. The number of carbonyl (C=O) groups is 1. The quantitative estimate of drug-likeness (QED) is 0.936. The van der Waals surface area contributed by atoms with Crippen LogP contribution in [0, 0.1) is 0 Å². The first kappa shape index (κ1) is 15.0. The summed E-state index contributed by atoms with van der Waals surface area (Å²) in [4.78, 5) is 16.6. The molecule has 2 rings (SSSR count). The molecule has 4 nitrogen and oxygen atoms in total. The van der Waals surface area contributed by atoms with Gasteiger partial charge in [-0.15, -0.1) is 0 Å². The molecule has 0 radical (unpaired) electrons. The van der Waals surface area contributed by atoms with Gasteiger partial charge in [-0.05, 0) is 24.3 Å². The number of amides is 1. The van der Waals surface area contributed by atoms with Crippen molar-refractivity contribution in [3.63, 3.8) is 0 Å². The van der Waals surface area contributed by atoms with Crippen molar-refractivity contribution in [2.75, 3.05) is 12.4 Å². The number of nitrogens with zero attached hydrogens (tertiary/aromatic N) is 1. The van der Waals surface area contributed by atoms with Crippen LogP contribution in [0.1, 0.15) is 36.8 Å². The zero-order valence-electron chi connectivity index (χ0n) is 12.8. The lowest BCUT2D eigenvalue weighted by Crippen LogP contribution is -2.17. The maximum Gasteiger partial charge on any atom is 0.255 e. The van der Waals surface area contributed by atoms with Crippen LogP contribution >= 0.6 is 0 Å². The van der Waals surface area contributed by atoms with Gasteiger partial charge in [0.2, 0.25) is 0 Å². The number of nitrogens with one attached hydrogen (secondary N) is 1. The Balaban J connectivity index is 2.20. The average molecular weight is 284 g/mol. The van der Waals surface area contributed by atoms with Crippen LogP contribution in [0.3, 0.4) is 0 Å². The number of benzene rings is 1. The number of carbonyl (C=O) groups excluding carboxylic acids is 1. The number of rotatable bonds is 3. The molecule has 1 aromatic carbocycles. The van der Waals surface area contributed by atoms with E-state index >= 15 is 0 Å². The fourth-order valence-electron chi connectivity index (χ4n) is 1.89. The van der Waals surface area contributed by atoms with Gasteiger partial charge in [-0.1, -0.05) is 26.8 Å². The predicted octanol–water partition coefficient (Wildman–Crippen LogP) is 3.64. The van der Waals surface area contributed by atoms with Gasteiger partial charge in [-0.25, -0.2) is 0 Å². The Morgan fingerprint density at radius 3 is 2.62 bits per heavy atom. The summed E-state index contributed by atoms with van der Waals surface area (Å²) in [6.07, 6.45) is 1.67. The van der Waals surface area contributed by atoms with Crippen molar-refractivity contribution in [1.82, 2.24) is 4.98 Å². The van der Waals surface area contributed by atoms with E-state index in [1.54, 1.807) is 25.4 Å². The summed E-state index contributed by atoms with van der Waals surface area (Å²) in [5, 5.41) is 2.86. The van der Waals surface area contributed by atoms with Gasteiger partial charge in [0.05, 0.1) is 7.11 Å². The molecule has 0 aliphatic heterocycles.